The maximum absolute atomic E-state index is 12.3. The summed E-state index contributed by atoms with van der Waals surface area (Å²) in [7, 11) is -1.90. The molecule has 6 heteroatoms. The predicted molar refractivity (Wildman–Crippen MR) is 120 cm³/mol. The van der Waals surface area contributed by atoms with Crippen molar-refractivity contribution >= 4 is 14.3 Å². The lowest BCUT2D eigenvalue weighted by Crippen LogP contribution is -2.50. The Kier molecular flexibility index (Phi) is 9.85. The minimum Gasteiger partial charge on any atom is -0.464 e. The molecule has 1 fully saturated rings. The Balaban J connectivity index is 2.79. The van der Waals surface area contributed by atoms with Crippen molar-refractivity contribution in [1.29, 1.82) is 0 Å². The molecule has 1 heterocycles. The predicted octanol–water partition coefficient (Wildman–Crippen LogP) is 6.07. The van der Waals surface area contributed by atoms with Gasteiger partial charge in [-0.2, -0.15) is 0 Å². The van der Waals surface area contributed by atoms with E-state index in [9.17, 15) is 4.79 Å². The highest BCUT2D eigenvalue weighted by Crippen LogP contribution is 2.43. The molecule has 172 valence electrons. The molecule has 1 aliphatic heterocycles. The van der Waals surface area contributed by atoms with Crippen molar-refractivity contribution in [3.05, 3.63) is 0 Å². The van der Waals surface area contributed by atoms with Crippen LogP contribution in [0.1, 0.15) is 89.0 Å². The molecule has 0 unspecified atom stereocenters. The van der Waals surface area contributed by atoms with E-state index in [1.165, 1.54) is 0 Å². The summed E-state index contributed by atoms with van der Waals surface area (Å²) in [5.41, 5.74) is 1.71. The number of hydrogen-bond acceptors (Lipinski definition) is 5. The fraction of sp³-hybridized carbons (Fsp3) is 0.957. The van der Waals surface area contributed by atoms with Crippen LogP contribution in [0, 0.1) is 5.92 Å². The number of ether oxygens (including phenoxy) is 3. The van der Waals surface area contributed by atoms with E-state index in [0.717, 1.165) is 12.8 Å². The van der Waals surface area contributed by atoms with E-state index >= 15 is 0 Å². The van der Waals surface area contributed by atoms with Crippen molar-refractivity contribution in [3.8, 4) is 0 Å². The second-order valence-corrected chi connectivity index (χ2v) is 15.6. The molecule has 0 amide bonds. The Morgan fingerprint density at radius 2 is 1.48 bits per heavy atom. The van der Waals surface area contributed by atoms with Crippen molar-refractivity contribution in [2.75, 3.05) is 6.61 Å². The molecule has 0 aromatic carbocycles. The molecular weight excluding hydrogens is 384 g/mol. The van der Waals surface area contributed by atoms with Gasteiger partial charge in [0.25, 0.3) is 0 Å². The van der Waals surface area contributed by atoms with Crippen LogP contribution in [-0.4, -0.2) is 45.0 Å². The third kappa shape index (κ3) is 6.78. The molecule has 4 atom stereocenters. The molecule has 0 saturated carbocycles. The molecule has 5 nitrogen and oxygen atoms in total. The lowest BCUT2D eigenvalue weighted by atomic mass is 9.95. The highest BCUT2D eigenvalue weighted by molar-refractivity contribution is 6.77. The van der Waals surface area contributed by atoms with Gasteiger partial charge in [0.15, 0.2) is 11.9 Å². The second kappa shape index (κ2) is 10.7. The minimum absolute atomic E-state index is 0.181. The molecule has 29 heavy (non-hydrogen) atoms. The van der Waals surface area contributed by atoms with Gasteiger partial charge in [0, 0.05) is 6.10 Å². The molecule has 0 radical (unpaired) electrons. The first-order chi connectivity index (χ1) is 13.3. The van der Waals surface area contributed by atoms with E-state index in [-0.39, 0.29) is 18.2 Å². The van der Waals surface area contributed by atoms with Crippen LogP contribution in [0.4, 0.5) is 0 Å². The summed E-state index contributed by atoms with van der Waals surface area (Å²) in [6, 6.07) is 0. The summed E-state index contributed by atoms with van der Waals surface area (Å²) in [5.74, 6) is -0.744. The third-order valence-corrected chi connectivity index (χ3v) is 12.4. The molecule has 0 aromatic heterocycles. The van der Waals surface area contributed by atoms with E-state index < -0.39 is 20.2 Å². The summed E-state index contributed by atoms with van der Waals surface area (Å²) in [6.45, 7) is 24.2. The van der Waals surface area contributed by atoms with Crippen molar-refractivity contribution in [3.63, 3.8) is 0 Å². The Morgan fingerprint density at radius 1 is 0.966 bits per heavy atom. The third-order valence-electron chi connectivity index (χ3n) is 6.18. The maximum atomic E-state index is 12.3. The second-order valence-electron chi connectivity index (χ2n) is 10.2. The fourth-order valence-corrected chi connectivity index (χ4v) is 10.9. The number of carbonyl (C=O) groups is 1. The topological polar surface area (TPSA) is 54.0 Å². The maximum Gasteiger partial charge on any atom is 0.338 e. The van der Waals surface area contributed by atoms with Crippen molar-refractivity contribution < 1.29 is 23.4 Å². The Labute approximate surface area is 180 Å². The average molecular weight is 431 g/mol. The smallest absolute Gasteiger partial charge is 0.338 e. The molecule has 0 N–H and O–H groups in total. The standard InChI is InChI=1S/C23H46O5Si/c1-12-25-22(24)21-20(26-23(10,11)27-21)14-18(8)13-19(9)28-29(15(2)3,16(4)5)17(6)7/h15-21H,12-14H2,1-11H3/t18-,19+,20+,21-/m1/s1. The minimum atomic E-state index is -1.90. The summed E-state index contributed by atoms with van der Waals surface area (Å²) >= 11 is 0. The Bertz CT molecular complexity index is 496. The normalized spacial score (nSPS) is 24.3. The highest BCUT2D eigenvalue weighted by atomic mass is 28.4. The first-order valence-electron chi connectivity index (χ1n) is 11.5. The van der Waals surface area contributed by atoms with Gasteiger partial charge in [-0.25, -0.2) is 4.79 Å². The molecule has 1 rings (SSSR count). The summed E-state index contributed by atoms with van der Waals surface area (Å²) in [5, 5.41) is 0. The largest absolute Gasteiger partial charge is 0.464 e. The highest BCUT2D eigenvalue weighted by Gasteiger charge is 2.48. The monoisotopic (exact) mass is 430 g/mol. The van der Waals surface area contributed by atoms with Crippen LogP contribution in [0.15, 0.2) is 0 Å². The van der Waals surface area contributed by atoms with Gasteiger partial charge in [-0.3, -0.25) is 0 Å². The van der Waals surface area contributed by atoms with Crippen LogP contribution < -0.4 is 0 Å². The van der Waals surface area contributed by atoms with Gasteiger partial charge >= 0.3 is 5.97 Å². The molecule has 1 saturated heterocycles. The van der Waals surface area contributed by atoms with Gasteiger partial charge < -0.3 is 18.6 Å². The molecule has 0 aromatic rings. The van der Waals surface area contributed by atoms with E-state index in [0.29, 0.717) is 29.1 Å². The molecule has 0 spiro atoms. The number of carbonyl (C=O) groups excluding carboxylic acids is 1. The number of rotatable bonds is 11. The number of esters is 1. The fourth-order valence-electron chi connectivity index (χ4n) is 5.30. The van der Waals surface area contributed by atoms with E-state index in [2.05, 4.69) is 55.4 Å². The molecular formula is C23H46O5Si. The zero-order chi connectivity index (χ0) is 22.6. The SMILES string of the molecule is CCOC(=O)[C@@H]1OC(C)(C)O[C@H]1C[C@H](C)C[C@H](C)O[Si](C(C)C)(C(C)C)C(C)C. The lowest BCUT2D eigenvalue weighted by Gasteiger charge is -2.44. The zero-order valence-electron chi connectivity index (χ0n) is 20.7. The average Bonchev–Trinajstić information content (AvgIpc) is 2.86. The van der Waals surface area contributed by atoms with Crippen LogP contribution in [0.2, 0.25) is 16.6 Å². The summed E-state index contributed by atoms with van der Waals surface area (Å²) in [4.78, 5) is 12.3. The molecule has 0 aliphatic carbocycles. The summed E-state index contributed by atoms with van der Waals surface area (Å²) in [6.07, 6.45) is 0.935. The number of hydrogen-bond donors (Lipinski definition) is 0. The van der Waals surface area contributed by atoms with Crippen LogP contribution in [0.3, 0.4) is 0 Å². The van der Waals surface area contributed by atoms with Gasteiger partial charge in [-0.1, -0.05) is 48.5 Å². The Morgan fingerprint density at radius 3 is 1.93 bits per heavy atom. The van der Waals surface area contributed by atoms with Crippen molar-refractivity contribution in [2.24, 2.45) is 5.92 Å². The lowest BCUT2D eigenvalue weighted by molar-refractivity contribution is -0.170. The van der Waals surface area contributed by atoms with Crippen LogP contribution in [0.5, 0.6) is 0 Å². The van der Waals surface area contributed by atoms with Crippen LogP contribution in [0.25, 0.3) is 0 Å². The van der Waals surface area contributed by atoms with Gasteiger partial charge in [-0.05, 0) is 63.1 Å². The van der Waals surface area contributed by atoms with Crippen LogP contribution in [-0.2, 0) is 23.4 Å². The van der Waals surface area contributed by atoms with Crippen LogP contribution >= 0.6 is 0 Å². The van der Waals surface area contributed by atoms with Gasteiger partial charge in [0.1, 0.15) is 0 Å². The Hall–Kier alpha value is -0.433. The zero-order valence-corrected chi connectivity index (χ0v) is 21.7. The summed E-state index contributed by atoms with van der Waals surface area (Å²) < 4.78 is 24.0. The quantitative estimate of drug-likeness (QED) is 0.294. The van der Waals surface area contributed by atoms with E-state index in [1.54, 1.807) is 0 Å². The van der Waals surface area contributed by atoms with Gasteiger partial charge in [0.05, 0.1) is 12.7 Å². The van der Waals surface area contributed by atoms with Gasteiger partial charge in [0.2, 0.25) is 8.32 Å². The van der Waals surface area contributed by atoms with E-state index in [4.69, 9.17) is 18.6 Å². The van der Waals surface area contributed by atoms with Crippen molar-refractivity contribution in [1.82, 2.24) is 0 Å². The van der Waals surface area contributed by atoms with Gasteiger partial charge in [-0.15, -0.1) is 0 Å². The van der Waals surface area contributed by atoms with Crippen molar-refractivity contribution in [2.45, 2.75) is 130 Å². The first kappa shape index (κ1) is 26.6. The molecule has 1 aliphatic rings. The van der Waals surface area contributed by atoms with E-state index in [1.807, 2.05) is 20.8 Å². The first-order valence-corrected chi connectivity index (χ1v) is 13.6. The molecule has 0 bridgehead atoms.